The molecule has 1 aliphatic heterocycles. The third-order valence-electron chi connectivity index (χ3n) is 3.03. The lowest BCUT2D eigenvalue weighted by Crippen LogP contribution is -2.47. The van der Waals surface area contributed by atoms with Crippen LogP contribution in [0.25, 0.3) is 0 Å². The summed E-state index contributed by atoms with van der Waals surface area (Å²) in [4.78, 5) is 16.0. The van der Waals surface area contributed by atoms with Crippen molar-refractivity contribution < 1.29 is 4.79 Å². The zero-order valence-corrected chi connectivity index (χ0v) is 9.98. The largest absolute Gasteiger partial charge is 0.354 e. The summed E-state index contributed by atoms with van der Waals surface area (Å²) < 4.78 is 0. The normalized spacial score (nSPS) is 19.9. The van der Waals surface area contributed by atoms with Crippen LogP contribution in [0.1, 0.15) is 25.0 Å². The Kier molecular flexibility index (Phi) is 4.50. The molecule has 4 nitrogen and oxygen atoms in total. The first-order chi connectivity index (χ1) is 8.36. The van der Waals surface area contributed by atoms with Crippen molar-refractivity contribution in [2.24, 2.45) is 0 Å². The molecule has 1 fully saturated rings. The van der Waals surface area contributed by atoms with Crippen LogP contribution in [0.3, 0.4) is 0 Å². The Labute approximate surface area is 102 Å². The Morgan fingerprint density at radius 3 is 3.12 bits per heavy atom. The van der Waals surface area contributed by atoms with Crippen LogP contribution in [0.2, 0.25) is 0 Å². The number of hydrogen-bond acceptors (Lipinski definition) is 3. The highest BCUT2D eigenvalue weighted by Crippen LogP contribution is 2.06. The van der Waals surface area contributed by atoms with E-state index in [9.17, 15) is 4.79 Å². The highest BCUT2D eigenvalue weighted by molar-refractivity contribution is 5.81. The minimum Gasteiger partial charge on any atom is -0.354 e. The standard InChI is InChI=1S/C13H19N3O/c17-13(12-6-2-4-9-15-12)16-10-7-11-5-1-3-8-14-11/h1,3,5,8,12,15H,2,4,6-7,9-10H2,(H,16,17). The molecule has 92 valence electrons. The molecule has 1 aromatic rings. The lowest BCUT2D eigenvalue weighted by molar-refractivity contribution is -0.123. The van der Waals surface area contributed by atoms with Gasteiger partial charge in [-0.1, -0.05) is 12.5 Å². The number of hydrogen-bond donors (Lipinski definition) is 2. The van der Waals surface area contributed by atoms with Gasteiger partial charge in [-0.25, -0.2) is 0 Å². The molecule has 1 unspecified atom stereocenters. The fraction of sp³-hybridized carbons (Fsp3) is 0.538. The van der Waals surface area contributed by atoms with Crippen molar-refractivity contribution in [2.45, 2.75) is 31.7 Å². The van der Waals surface area contributed by atoms with Crippen LogP contribution in [0.4, 0.5) is 0 Å². The van der Waals surface area contributed by atoms with Crippen LogP contribution in [-0.2, 0) is 11.2 Å². The molecule has 2 N–H and O–H groups in total. The molecule has 4 heteroatoms. The molecule has 0 spiro atoms. The topological polar surface area (TPSA) is 54.0 Å². The van der Waals surface area contributed by atoms with E-state index in [1.807, 2.05) is 18.2 Å². The second-order valence-electron chi connectivity index (χ2n) is 4.36. The van der Waals surface area contributed by atoms with Crippen molar-refractivity contribution >= 4 is 5.91 Å². The summed E-state index contributed by atoms with van der Waals surface area (Å²) in [6, 6.07) is 5.85. The third-order valence-corrected chi connectivity index (χ3v) is 3.03. The van der Waals surface area contributed by atoms with E-state index in [0.29, 0.717) is 6.54 Å². The summed E-state index contributed by atoms with van der Waals surface area (Å²) in [6.45, 7) is 1.62. The minimum absolute atomic E-state index is 0.00693. The minimum atomic E-state index is 0.00693. The molecule has 2 heterocycles. The van der Waals surface area contributed by atoms with E-state index in [1.165, 1.54) is 6.42 Å². The van der Waals surface area contributed by atoms with Gasteiger partial charge in [0.2, 0.25) is 5.91 Å². The number of pyridine rings is 1. The number of nitrogens with zero attached hydrogens (tertiary/aromatic N) is 1. The number of piperidine rings is 1. The van der Waals surface area contributed by atoms with Crippen molar-refractivity contribution in [1.82, 2.24) is 15.6 Å². The Morgan fingerprint density at radius 1 is 1.47 bits per heavy atom. The molecule has 0 bridgehead atoms. The van der Waals surface area contributed by atoms with Crippen LogP contribution in [0, 0.1) is 0 Å². The average molecular weight is 233 g/mol. The maximum Gasteiger partial charge on any atom is 0.237 e. The van der Waals surface area contributed by atoms with Gasteiger partial charge in [0, 0.05) is 24.9 Å². The van der Waals surface area contributed by atoms with Gasteiger partial charge >= 0.3 is 0 Å². The molecular weight excluding hydrogens is 214 g/mol. The lowest BCUT2D eigenvalue weighted by atomic mass is 10.0. The van der Waals surface area contributed by atoms with Crippen LogP contribution in [-0.4, -0.2) is 30.0 Å². The molecule has 1 atom stereocenters. The Morgan fingerprint density at radius 2 is 2.41 bits per heavy atom. The summed E-state index contributed by atoms with van der Waals surface area (Å²) in [6.07, 6.45) is 5.84. The molecule has 2 rings (SSSR count). The second kappa shape index (κ2) is 6.35. The molecule has 17 heavy (non-hydrogen) atoms. The Bertz CT molecular complexity index is 347. The highest BCUT2D eigenvalue weighted by Gasteiger charge is 2.19. The summed E-state index contributed by atoms with van der Waals surface area (Å²) >= 11 is 0. The van der Waals surface area contributed by atoms with Crippen molar-refractivity contribution in [1.29, 1.82) is 0 Å². The average Bonchev–Trinajstić information content (AvgIpc) is 2.41. The van der Waals surface area contributed by atoms with Crippen molar-refractivity contribution in [3.8, 4) is 0 Å². The number of nitrogens with one attached hydrogen (secondary N) is 2. The first-order valence-electron chi connectivity index (χ1n) is 6.27. The van der Waals surface area contributed by atoms with Gasteiger partial charge in [-0.3, -0.25) is 9.78 Å². The summed E-state index contributed by atoms with van der Waals surface area (Å²) in [5, 5.41) is 6.20. The first-order valence-corrected chi connectivity index (χ1v) is 6.27. The predicted octanol–water partition coefficient (Wildman–Crippen LogP) is 0.882. The van der Waals surface area contributed by atoms with Crippen molar-refractivity contribution in [3.05, 3.63) is 30.1 Å². The van der Waals surface area contributed by atoms with Gasteiger partial charge in [-0.15, -0.1) is 0 Å². The van der Waals surface area contributed by atoms with Crippen LogP contribution in [0.5, 0.6) is 0 Å². The van der Waals surface area contributed by atoms with E-state index in [-0.39, 0.29) is 11.9 Å². The number of rotatable bonds is 4. The lowest BCUT2D eigenvalue weighted by Gasteiger charge is -2.22. The SMILES string of the molecule is O=C(NCCc1ccccn1)C1CCCCN1. The van der Waals surface area contributed by atoms with E-state index >= 15 is 0 Å². The third kappa shape index (κ3) is 3.82. The van der Waals surface area contributed by atoms with E-state index in [0.717, 1.165) is 31.5 Å². The maximum atomic E-state index is 11.8. The molecule has 1 saturated heterocycles. The van der Waals surface area contributed by atoms with Crippen molar-refractivity contribution in [3.63, 3.8) is 0 Å². The number of carbonyl (C=O) groups excluding carboxylic acids is 1. The molecule has 1 amide bonds. The molecule has 1 aromatic heterocycles. The number of amides is 1. The van der Waals surface area contributed by atoms with Gasteiger partial charge in [0.15, 0.2) is 0 Å². The summed E-state index contributed by atoms with van der Waals surface area (Å²) in [5.74, 6) is 0.126. The predicted molar refractivity (Wildman–Crippen MR) is 66.6 cm³/mol. The molecule has 0 aliphatic carbocycles. The van der Waals surface area contributed by atoms with Gasteiger partial charge in [0.1, 0.15) is 0 Å². The molecular formula is C13H19N3O. The van der Waals surface area contributed by atoms with Crippen LogP contribution >= 0.6 is 0 Å². The Hall–Kier alpha value is -1.42. The molecule has 0 aromatic carbocycles. The smallest absolute Gasteiger partial charge is 0.237 e. The molecule has 0 saturated carbocycles. The number of aromatic nitrogens is 1. The van der Waals surface area contributed by atoms with E-state index in [1.54, 1.807) is 6.20 Å². The van der Waals surface area contributed by atoms with Gasteiger partial charge in [-0.05, 0) is 31.5 Å². The van der Waals surface area contributed by atoms with Gasteiger partial charge in [0.25, 0.3) is 0 Å². The molecule has 1 aliphatic rings. The van der Waals surface area contributed by atoms with Crippen LogP contribution < -0.4 is 10.6 Å². The summed E-state index contributed by atoms with van der Waals surface area (Å²) in [7, 11) is 0. The number of carbonyl (C=O) groups is 1. The van der Waals surface area contributed by atoms with Gasteiger partial charge in [0.05, 0.1) is 6.04 Å². The van der Waals surface area contributed by atoms with Gasteiger partial charge in [-0.2, -0.15) is 0 Å². The van der Waals surface area contributed by atoms with Crippen LogP contribution in [0.15, 0.2) is 24.4 Å². The van der Waals surface area contributed by atoms with Crippen molar-refractivity contribution in [2.75, 3.05) is 13.1 Å². The van der Waals surface area contributed by atoms with E-state index < -0.39 is 0 Å². The quantitative estimate of drug-likeness (QED) is 0.812. The van der Waals surface area contributed by atoms with Gasteiger partial charge < -0.3 is 10.6 Å². The highest BCUT2D eigenvalue weighted by atomic mass is 16.2. The second-order valence-corrected chi connectivity index (χ2v) is 4.36. The fourth-order valence-corrected chi connectivity index (χ4v) is 2.06. The van der Waals surface area contributed by atoms with E-state index in [2.05, 4.69) is 15.6 Å². The zero-order chi connectivity index (χ0) is 11.9. The first kappa shape index (κ1) is 12.0. The monoisotopic (exact) mass is 233 g/mol. The maximum absolute atomic E-state index is 11.8. The summed E-state index contributed by atoms with van der Waals surface area (Å²) in [5.41, 5.74) is 1.02. The Balaban J connectivity index is 1.69. The molecule has 0 radical (unpaired) electrons. The van der Waals surface area contributed by atoms with E-state index in [4.69, 9.17) is 0 Å². The fourth-order valence-electron chi connectivity index (χ4n) is 2.06. The zero-order valence-electron chi connectivity index (χ0n) is 9.98.